The summed E-state index contributed by atoms with van der Waals surface area (Å²) >= 11 is 5.71. The Balaban J connectivity index is 2.31. The molecule has 0 aromatic heterocycles. The lowest BCUT2D eigenvalue weighted by atomic mass is 10.0. The van der Waals surface area contributed by atoms with Gasteiger partial charge in [0.1, 0.15) is 0 Å². The first-order chi connectivity index (χ1) is 4.99. The van der Waals surface area contributed by atoms with Crippen LogP contribution < -0.4 is 0 Å². The normalized spacial score (nSPS) is 32.2. The van der Waals surface area contributed by atoms with E-state index >= 15 is 0 Å². The summed E-state index contributed by atoms with van der Waals surface area (Å²) in [6, 6.07) is 0. The van der Waals surface area contributed by atoms with Gasteiger partial charge in [-0.2, -0.15) is 0 Å². The van der Waals surface area contributed by atoms with Crippen molar-refractivity contribution in [3.8, 4) is 0 Å². The fourth-order valence-corrected chi connectivity index (χ4v) is 1.95. The van der Waals surface area contributed by atoms with E-state index in [0.29, 0.717) is 6.42 Å². The summed E-state index contributed by atoms with van der Waals surface area (Å²) < 4.78 is 25.2. The molecular formula is C8H13ClF2. The summed E-state index contributed by atoms with van der Waals surface area (Å²) in [5.74, 6) is -2.26. The molecule has 1 aliphatic rings. The van der Waals surface area contributed by atoms with E-state index in [1.54, 1.807) is 0 Å². The zero-order valence-electron chi connectivity index (χ0n) is 6.62. The molecule has 1 saturated carbocycles. The van der Waals surface area contributed by atoms with Crippen LogP contribution in [-0.4, -0.2) is 11.3 Å². The summed E-state index contributed by atoms with van der Waals surface area (Å²) in [6.45, 7) is 1.86. The molecular weight excluding hydrogens is 170 g/mol. The number of hydrogen-bond acceptors (Lipinski definition) is 0. The Labute approximate surface area is 70.9 Å². The zero-order valence-corrected chi connectivity index (χ0v) is 7.37. The molecule has 2 unspecified atom stereocenters. The van der Waals surface area contributed by atoms with E-state index in [1.165, 1.54) is 0 Å². The van der Waals surface area contributed by atoms with Crippen molar-refractivity contribution in [2.75, 3.05) is 0 Å². The molecule has 0 N–H and O–H groups in total. The SMILES string of the molecule is CC(Cl)CC1CCC(F)(F)C1. The average molecular weight is 183 g/mol. The van der Waals surface area contributed by atoms with Gasteiger partial charge in [0.05, 0.1) is 0 Å². The quantitative estimate of drug-likeness (QED) is 0.574. The second kappa shape index (κ2) is 3.26. The first-order valence-corrected chi connectivity index (χ1v) is 4.45. The predicted molar refractivity (Wildman–Crippen MR) is 42.2 cm³/mol. The van der Waals surface area contributed by atoms with Crippen LogP contribution in [0.4, 0.5) is 8.78 Å². The van der Waals surface area contributed by atoms with Gasteiger partial charge >= 0.3 is 0 Å². The third-order valence-electron chi connectivity index (χ3n) is 2.16. The van der Waals surface area contributed by atoms with E-state index in [4.69, 9.17) is 11.6 Å². The van der Waals surface area contributed by atoms with Crippen molar-refractivity contribution in [3.63, 3.8) is 0 Å². The van der Waals surface area contributed by atoms with E-state index < -0.39 is 5.92 Å². The van der Waals surface area contributed by atoms with E-state index in [0.717, 1.165) is 6.42 Å². The largest absolute Gasteiger partial charge is 0.248 e. The Morgan fingerprint density at radius 1 is 1.64 bits per heavy atom. The maximum Gasteiger partial charge on any atom is 0.248 e. The molecule has 1 fully saturated rings. The fraction of sp³-hybridized carbons (Fsp3) is 1.00. The van der Waals surface area contributed by atoms with Crippen LogP contribution in [0.15, 0.2) is 0 Å². The first kappa shape index (κ1) is 9.24. The molecule has 0 nitrogen and oxygen atoms in total. The molecule has 0 heterocycles. The first-order valence-electron chi connectivity index (χ1n) is 4.01. The average Bonchev–Trinajstić information content (AvgIpc) is 2.08. The van der Waals surface area contributed by atoms with Crippen LogP contribution in [0.5, 0.6) is 0 Å². The molecule has 0 aromatic carbocycles. The smallest absolute Gasteiger partial charge is 0.207 e. The lowest BCUT2D eigenvalue weighted by Crippen LogP contribution is -2.10. The minimum atomic E-state index is -2.41. The van der Waals surface area contributed by atoms with Gasteiger partial charge in [-0.15, -0.1) is 11.6 Å². The highest BCUT2D eigenvalue weighted by Crippen LogP contribution is 2.41. The highest BCUT2D eigenvalue weighted by molar-refractivity contribution is 6.20. The number of rotatable bonds is 2. The molecule has 0 radical (unpaired) electrons. The third kappa shape index (κ3) is 2.94. The van der Waals surface area contributed by atoms with Gasteiger partial charge in [0.25, 0.3) is 0 Å². The van der Waals surface area contributed by atoms with Crippen molar-refractivity contribution in [1.82, 2.24) is 0 Å². The van der Waals surface area contributed by atoms with Crippen molar-refractivity contribution in [2.24, 2.45) is 5.92 Å². The van der Waals surface area contributed by atoms with Crippen LogP contribution in [0.2, 0.25) is 0 Å². The molecule has 0 amide bonds. The second-order valence-electron chi connectivity index (χ2n) is 3.48. The maximum absolute atomic E-state index is 12.6. The van der Waals surface area contributed by atoms with Gasteiger partial charge in [-0.25, -0.2) is 8.78 Å². The minimum absolute atomic E-state index is 0.0360. The van der Waals surface area contributed by atoms with E-state index in [1.807, 2.05) is 6.92 Å². The van der Waals surface area contributed by atoms with Gasteiger partial charge in [-0.05, 0) is 25.7 Å². The number of alkyl halides is 3. The number of halogens is 3. The van der Waals surface area contributed by atoms with Crippen LogP contribution in [0.25, 0.3) is 0 Å². The summed E-state index contributed by atoms with van der Waals surface area (Å²) in [6.07, 6.45) is 1.48. The van der Waals surface area contributed by atoms with Gasteiger partial charge in [0.2, 0.25) is 5.92 Å². The maximum atomic E-state index is 12.6. The van der Waals surface area contributed by atoms with Gasteiger partial charge in [0.15, 0.2) is 0 Å². The Morgan fingerprint density at radius 2 is 2.27 bits per heavy atom. The molecule has 0 aliphatic heterocycles. The van der Waals surface area contributed by atoms with Gasteiger partial charge in [0, 0.05) is 18.2 Å². The molecule has 0 spiro atoms. The van der Waals surface area contributed by atoms with Crippen molar-refractivity contribution >= 4 is 11.6 Å². The lowest BCUT2D eigenvalue weighted by molar-refractivity contribution is 0.00475. The fourth-order valence-electron chi connectivity index (χ4n) is 1.70. The molecule has 1 aliphatic carbocycles. The molecule has 0 aromatic rings. The van der Waals surface area contributed by atoms with Crippen LogP contribution in [-0.2, 0) is 0 Å². The molecule has 2 atom stereocenters. The van der Waals surface area contributed by atoms with E-state index in [-0.39, 0.29) is 24.1 Å². The predicted octanol–water partition coefficient (Wildman–Crippen LogP) is 3.44. The number of hydrogen-bond donors (Lipinski definition) is 0. The Kier molecular flexibility index (Phi) is 2.74. The summed E-state index contributed by atoms with van der Waals surface area (Å²) in [5.41, 5.74) is 0. The third-order valence-corrected chi connectivity index (χ3v) is 2.34. The van der Waals surface area contributed by atoms with Crippen molar-refractivity contribution in [2.45, 2.75) is 43.9 Å². The van der Waals surface area contributed by atoms with E-state index in [9.17, 15) is 8.78 Å². The van der Waals surface area contributed by atoms with Gasteiger partial charge in [-0.1, -0.05) is 0 Å². The van der Waals surface area contributed by atoms with Crippen molar-refractivity contribution in [1.29, 1.82) is 0 Å². The Morgan fingerprint density at radius 3 is 2.64 bits per heavy atom. The summed E-state index contributed by atoms with van der Waals surface area (Å²) in [7, 11) is 0. The topological polar surface area (TPSA) is 0 Å². The molecule has 0 saturated heterocycles. The van der Waals surface area contributed by atoms with Crippen molar-refractivity contribution < 1.29 is 8.78 Å². The lowest BCUT2D eigenvalue weighted by Gasteiger charge is -2.11. The minimum Gasteiger partial charge on any atom is -0.207 e. The summed E-state index contributed by atoms with van der Waals surface area (Å²) in [5, 5.41) is 0.0360. The van der Waals surface area contributed by atoms with Crippen LogP contribution >= 0.6 is 11.6 Å². The molecule has 11 heavy (non-hydrogen) atoms. The molecule has 1 rings (SSSR count). The van der Waals surface area contributed by atoms with Crippen LogP contribution in [0.1, 0.15) is 32.6 Å². The van der Waals surface area contributed by atoms with E-state index in [2.05, 4.69) is 0 Å². The molecule has 3 heteroatoms. The van der Waals surface area contributed by atoms with Crippen LogP contribution in [0.3, 0.4) is 0 Å². The monoisotopic (exact) mass is 182 g/mol. The van der Waals surface area contributed by atoms with Gasteiger partial charge < -0.3 is 0 Å². The van der Waals surface area contributed by atoms with Gasteiger partial charge in [-0.3, -0.25) is 0 Å². The van der Waals surface area contributed by atoms with Crippen molar-refractivity contribution in [3.05, 3.63) is 0 Å². The Hall–Kier alpha value is 0.150. The molecule has 66 valence electrons. The Bertz CT molecular complexity index is 134. The zero-order chi connectivity index (χ0) is 8.48. The highest BCUT2D eigenvalue weighted by Gasteiger charge is 2.39. The van der Waals surface area contributed by atoms with Crippen LogP contribution in [0, 0.1) is 5.92 Å². The second-order valence-corrected chi connectivity index (χ2v) is 4.23. The standard InChI is InChI=1S/C8H13ClF2/c1-6(9)4-7-2-3-8(10,11)5-7/h6-7H,2-5H2,1H3. The highest BCUT2D eigenvalue weighted by atomic mass is 35.5. The molecule has 0 bridgehead atoms. The summed E-state index contributed by atoms with van der Waals surface area (Å²) in [4.78, 5) is 0.